The molecule has 0 N–H and O–H groups in total. The van der Waals surface area contributed by atoms with Crippen LogP contribution in [-0.4, -0.2) is 16.2 Å². The molecule has 12 rings (SSSR count). The van der Waals surface area contributed by atoms with Gasteiger partial charge in [0.05, 0.1) is 33.6 Å². The fourth-order valence-corrected chi connectivity index (χ4v) is 12.9. The van der Waals surface area contributed by atoms with Gasteiger partial charge in [0, 0.05) is 45.9 Å². The molecular weight excluding hydrogens is 949 g/mol. The number of fused-ring (bicyclic) bond motifs is 6. The monoisotopic (exact) mass is 1030 g/mol. The molecule has 9 aromatic rings. The summed E-state index contributed by atoms with van der Waals surface area (Å²) in [5, 5.41) is 1.14. The van der Waals surface area contributed by atoms with E-state index in [0.717, 1.165) is 53.9 Å². The summed E-state index contributed by atoms with van der Waals surface area (Å²) in [5.41, 5.74) is 19.4. The summed E-state index contributed by atoms with van der Waals surface area (Å²) >= 11 is 0. The molecule has 5 nitrogen and oxygen atoms in total. The van der Waals surface area contributed by atoms with E-state index in [2.05, 4.69) is 205 Å². The smallest absolute Gasteiger partial charge is 0.137 e. The number of hydrogen-bond donors (Lipinski definition) is 0. The lowest BCUT2D eigenvalue weighted by Crippen LogP contribution is -2.33. The van der Waals surface area contributed by atoms with Gasteiger partial charge >= 0.3 is 0 Å². The van der Waals surface area contributed by atoms with Gasteiger partial charge < -0.3 is 14.5 Å². The first-order valence-corrected chi connectivity index (χ1v) is 28.4. The predicted molar refractivity (Wildman–Crippen MR) is 331 cm³/mol. The van der Waals surface area contributed by atoms with Crippen LogP contribution in [0.4, 0.5) is 22.7 Å². The molecule has 0 atom stereocenters. The van der Waals surface area contributed by atoms with Gasteiger partial charge in [-0.2, -0.15) is 0 Å². The van der Waals surface area contributed by atoms with Crippen LogP contribution in [0.3, 0.4) is 0 Å². The Morgan fingerprint density at radius 2 is 1.09 bits per heavy atom. The summed E-state index contributed by atoms with van der Waals surface area (Å²) in [6, 6.07) is 44.1. The Labute approximate surface area is 471 Å². The van der Waals surface area contributed by atoms with Crippen LogP contribution in [0, 0.1) is 6.92 Å². The van der Waals surface area contributed by atoms with E-state index >= 15 is 0 Å². The van der Waals surface area contributed by atoms with Crippen LogP contribution in [0.25, 0.3) is 49.9 Å². The highest BCUT2D eigenvalue weighted by molar-refractivity contribution is 6.09. The fourth-order valence-electron chi connectivity index (χ4n) is 12.9. The molecule has 0 fully saturated rings. The lowest BCUT2D eigenvalue weighted by atomic mass is 9.62. The van der Waals surface area contributed by atoms with Crippen molar-refractivity contribution >= 4 is 44.6 Å². The van der Waals surface area contributed by atoms with Crippen LogP contribution in [-0.2, 0) is 32.5 Å². The Bertz CT molecular complexity index is 4010. The maximum absolute atomic E-state index is 9.20. The largest absolute Gasteiger partial charge is 0.457 e. The van der Waals surface area contributed by atoms with Crippen molar-refractivity contribution in [2.24, 2.45) is 0 Å². The highest BCUT2D eigenvalue weighted by Crippen LogP contribution is 2.55. The van der Waals surface area contributed by atoms with E-state index in [0.29, 0.717) is 45.8 Å². The minimum Gasteiger partial charge on any atom is -0.457 e. The van der Waals surface area contributed by atoms with Crippen LogP contribution >= 0.6 is 0 Å². The van der Waals surface area contributed by atoms with Gasteiger partial charge in [-0.15, -0.1) is 0 Å². The number of hydrogen-bond acceptors (Lipinski definition) is 4. The van der Waals surface area contributed by atoms with Gasteiger partial charge in [0.1, 0.15) is 24.0 Å². The SMILES string of the molecule is [2H]c1c([2H])c([2H])c2c(c1[2H])c1ccc(Oc3cc(N4CN(c5c(-c6ccc7c(c6)C(C)(C)CCC7(C)C)cc(C(C)(C)C)cc5-c5ccc6c(c5)C(C)(C)CCC6(C)C)c5ccccc54)ccc3C)cc1n2-c1cc(C(C)(C)C)ccn1. The standard InChI is InChI=1S/C73H80N4O/c1-46-24-27-51(43-65(46)78-52-28-29-54-53-20-16-17-21-61(53)77(64(54)44-52)66-42-49(32-37-74-66)68(2,3)4)75-45-76(63-23-19-18-22-62(63)75)67-55(47-25-30-57-59(38-47)72(12,13)35-33-70(57,8)9)40-50(69(5,6)7)41-56(67)48-26-31-58-60(39-48)73(14,15)36-34-71(58,10)11/h16-32,37-44H,33-36,45H2,1-15H3/i16D,17D,20D,21D. The maximum Gasteiger partial charge on any atom is 0.137 e. The molecule has 7 aromatic carbocycles. The number of para-hydroxylation sites is 3. The van der Waals surface area contributed by atoms with Crippen molar-refractivity contribution in [2.45, 2.75) is 162 Å². The predicted octanol–water partition coefficient (Wildman–Crippen LogP) is 20.2. The molecule has 5 heteroatoms. The minimum absolute atomic E-state index is 0.0273. The third-order valence-corrected chi connectivity index (χ3v) is 18.2. The zero-order valence-electron chi connectivity index (χ0n) is 52.9. The molecule has 0 bridgehead atoms. The van der Waals surface area contributed by atoms with Crippen molar-refractivity contribution in [2.75, 3.05) is 16.5 Å². The number of anilines is 4. The topological polar surface area (TPSA) is 33.5 Å². The number of nitrogens with zero attached hydrogens (tertiary/aromatic N) is 4. The van der Waals surface area contributed by atoms with Crippen molar-refractivity contribution < 1.29 is 10.2 Å². The van der Waals surface area contributed by atoms with E-state index < -0.39 is 0 Å². The highest BCUT2D eigenvalue weighted by atomic mass is 16.5. The van der Waals surface area contributed by atoms with Crippen molar-refractivity contribution in [3.05, 3.63) is 191 Å². The average Bonchev–Trinajstić information content (AvgIpc) is 3.67. The maximum atomic E-state index is 9.20. The number of benzene rings is 7. The second kappa shape index (κ2) is 18.0. The van der Waals surface area contributed by atoms with Gasteiger partial charge in [-0.1, -0.05) is 170 Å². The van der Waals surface area contributed by atoms with Crippen LogP contribution in [0.5, 0.6) is 11.5 Å². The summed E-state index contributed by atoms with van der Waals surface area (Å²) in [6.07, 6.45) is 6.37. The normalized spacial score (nSPS) is 18.0. The van der Waals surface area contributed by atoms with E-state index in [-0.39, 0.29) is 56.7 Å². The molecule has 2 aromatic heterocycles. The Hall–Kier alpha value is -7.11. The molecule has 0 amide bonds. The highest BCUT2D eigenvalue weighted by Gasteiger charge is 2.40. The molecule has 0 saturated heterocycles. The lowest BCUT2D eigenvalue weighted by molar-refractivity contribution is 0.332. The van der Waals surface area contributed by atoms with Crippen LogP contribution in [0.2, 0.25) is 0 Å². The molecule has 3 heterocycles. The van der Waals surface area contributed by atoms with Crippen molar-refractivity contribution in [3.63, 3.8) is 0 Å². The second-order valence-corrected chi connectivity index (χ2v) is 27.7. The minimum atomic E-state index is -0.285. The first-order chi connectivity index (χ1) is 38.4. The molecule has 0 unspecified atom stereocenters. The first-order valence-electron chi connectivity index (χ1n) is 30.4. The zero-order chi connectivity index (χ0) is 58.5. The second-order valence-electron chi connectivity index (χ2n) is 27.7. The van der Waals surface area contributed by atoms with E-state index in [4.69, 9.17) is 13.8 Å². The molecule has 0 saturated carbocycles. The number of rotatable bonds is 7. The van der Waals surface area contributed by atoms with Crippen LogP contribution < -0.4 is 14.5 Å². The van der Waals surface area contributed by atoms with E-state index in [1.807, 2.05) is 34.9 Å². The van der Waals surface area contributed by atoms with Gasteiger partial charge in [-0.05, 0) is 176 Å². The molecule has 2 aliphatic carbocycles. The molecule has 398 valence electrons. The Kier molecular flexibility index (Phi) is 10.8. The number of aryl methyl sites for hydroxylation is 1. The third kappa shape index (κ3) is 8.71. The van der Waals surface area contributed by atoms with E-state index in [1.165, 1.54) is 55.8 Å². The van der Waals surface area contributed by atoms with Crippen LogP contribution in [0.15, 0.2) is 152 Å². The average molecular weight is 1030 g/mol. The quantitative estimate of drug-likeness (QED) is 0.159. The zero-order valence-corrected chi connectivity index (χ0v) is 48.9. The van der Waals surface area contributed by atoms with Gasteiger partial charge in [0.2, 0.25) is 0 Å². The summed E-state index contributed by atoms with van der Waals surface area (Å²) < 4.78 is 44.6. The van der Waals surface area contributed by atoms with Crippen molar-refractivity contribution in [1.29, 1.82) is 0 Å². The van der Waals surface area contributed by atoms with Gasteiger partial charge in [-0.3, -0.25) is 4.57 Å². The van der Waals surface area contributed by atoms with Crippen molar-refractivity contribution in [3.8, 4) is 39.6 Å². The lowest BCUT2D eigenvalue weighted by Gasteiger charge is -2.42. The van der Waals surface area contributed by atoms with Gasteiger partial charge in [-0.25, -0.2) is 4.98 Å². The molecule has 3 aliphatic rings. The number of aromatic nitrogens is 2. The summed E-state index contributed by atoms with van der Waals surface area (Å²) in [6.45, 7) is 35.5. The Morgan fingerprint density at radius 3 is 1.68 bits per heavy atom. The molecule has 1 aliphatic heterocycles. The molecule has 0 spiro atoms. The van der Waals surface area contributed by atoms with Crippen LogP contribution in [0.1, 0.15) is 167 Å². The summed E-state index contributed by atoms with van der Waals surface area (Å²) in [5.74, 6) is 1.84. The summed E-state index contributed by atoms with van der Waals surface area (Å²) in [4.78, 5) is 9.81. The van der Waals surface area contributed by atoms with Crippen molar-refractivity contribution in [1.82, 2.24) is 9.55 Å². The van der Waals surface area contributed by atoms with E-state index in [9.17, 15) is 1.37 Å². The molecule has 0 radical (unpaired) electrons. The molecule has 78 heavy (non-hydrogen) atoms. The number of ether oxygens (including phenoxy) is 1. The number of pyridine rings is 1. The fraction of sp³-hybridized carbons (Fsp3) is 0.356. The Morgan fingerprint density at radius 1 is 0.526 bits per heavy atom. The summed E-state index contributed by atoms with van der Waals surface area (Å²) in [7, 11) is 0. The Balaban J connectivity index is 1.02. The first kappa shape index (κ1) is 46.9. The molecular formula is C73H80N4O. The third-order valence-electron chi connectivity index (χ3n) is 18.2. The van der Waals surface area contributed by atoms with Gasteiger partial charge in [0.25, 0.3) is 0 Å². The van der Waals surface area contributed by atoms with E-state index in [1.54, 1.807) is 6.20 Å². The van der Waals surface area contributed by atoms with Gasteiger partial charge in [0.15, 0.2) is 0 Å².